The Morgan fingerprint density at radius 3 is 2.60 bits per heavy atom. The van der Waals surface area contributed by atoms with Gasteiger partial charge in [-0.1, -0.05) is 41.9 Å². The van der Waals surface area contributed by atoms with E-state index in [1.165, 1.54) is 4.90 Å². The van der Waals surface area contributed by atoms with Gasteiger partial charge in [0, 0.05) is 13.6 Å². The molecule has 0 N–H and O–H groups in total. The van der Waals surface area contributed by atoms with Crippen LogP contribution in [-0.4, -0.2) is 30.0 Å². The van der Waals surface area contributed by atoms with Crippen LogP contribution in [0.25, 0.3) is 0 Å². The van der Waals surface area contributed by atoms with Crippen LogP contribution in [0.4, 0.5) is 4.39 Å². The molecule has 0 heterocycles. The summed E-state index contributed by atoms with van der Waals surface area (Å²) < 4.78 is 12.4. The van der Waals surface area contributed by atoms with Crippen LogP contribution >= 0.6 is 11.6 Å². The van der Waals surface area contributed by atoms with Gasteiger partial charge >= 0.3 is 0 Å². The van der Waals surface area contributed by atoms with Crippen molar-refractivity contribution in [3.8, 4) is 0 Å². The SMILES string of the molecule is CN(CCc1ccccc1)C(=O)C(F)Cl. The smallest absolute Gasteiger partial charge is 0.272 e. The van der Waals surface area contributed by atoms with E-state index >= 15 is 0 Å². The molecule has 1 unspecified atom stereocenters. The number of hydrogen-bond donors (Lipinski definition) is 0. The van der Waals surface area contributed by atoms with E-state index in [0.29, 0.717) is 13.0 Å². The lowest BCUT2D eigenvalue weighted by atomic mass is 10.1. The molecule has 0 saturated heterocycles. The van der Waals surface area contributed by atoms with Crippen molar-refractivity contribution in [2.24, 2.45) is 0 Å². The van der Waals surface area contributed by atoms with Gasteiger partial charge in [-0.25, -0.2) is 4.39 Å². The minimum Gasteiger partial charge on any atom is -0.342 e. The van der Waals surface area contributed by atoms with Crippen LogP contribution < -0.4 is 0 Å². The maximum atomic E-state index is 12.4. The van der Waals surface area contributed by atoms with E-state index in [2.05, 4.69) is 0 Å². The molecule has 1 amide bonds. The number of alkyl halides is 2. The molecule has 1 rings (SSSR count). The van der Waals surface area contributed by atoms with E-state index in [1.54, 1.807) is 7.05 Å². The second kappa shape index (κ2) is 5.71. The Morgan fingerprint density at radius 2 is 2.07 bits per heavy atom. The zero-order valence-electron chi connectivity index (χ0n) is 8.49. The van der Waals surface area contributed by atoms with Crippen molar-refractivity contribution >= 4 is 17.5 Å². The fourth-order valence-electron chi connectivity index (χ4n) is 1.22. The Labute approximate surface area is 93.6 Å². The minimum absolute atomic E-state index is 0.468. The number of nitrogens with zero attached hydrogens (tertiary/aromatic N) is 1. The maximum absolute atomic E-state index is 12.4. The lowest BCUT2D eigenvalue weighted by molar-refractivity contribution is -0.132. The third kappa shape index (κ3) is 3.88. The average Bonchev–Trinajstić information content (AvgIpc) is 2.26. The van der Waals surface area contributed by atoms with Gasteiger partial charge in [0.1, 0.15) is 0 Å². The monoisotopic (exact) mass is 229 g/mol. The second-order valence-electron chi connectivity index (χ2n) is 3.30. The number of benzene rings is 1. The fourth-order valence-corrected chi connectivity index (χ4v) is 1.38. The van der Waals surface area contributed by atoms with Crippen molar-refractivity contribution in [2.45, 2.75) is 12.1 Å². The highest BCUT2D eigenvalue weighted by Gasteiger charge is 2.17. The maximum Gasteiger partial charge on any atom is 0.272 e. The van der Waals surface area contributed by atoms with Crippen LogP contribution in [0.2, 0.25) is 0 Å². The van der Waals surface area contributed by atoms with Crippen LogP contribution in [0.1, 0.15) is 5.56 Å². The molecule has 0 bridgehead atoms. The first-order chi connectivity index (χ1) is 7.11. The Balaban J connectivity index is 2.41. The summed E-state index contributed by atoms with van der Waals surface area (Å²) in [5, 5.41) is 0. The highest BCUT2D eigenvalue weighted by Crippen LogP contribution is 2.04. The molecule has 1 aromatic carbocycles. The molecule has 82 valence electrons. The molecule has 0 radical (unpaired) electrons. The lowest BCUT2D eigenvalue weighted by Gasteiger charge is -2.16. The third-order valence-corrected chi connectivity index (χ3v) is 2.33. The molecule has 0 aliphatic heterocycles. The molecule has 0 spiro atoms. The number of carbonyl (C=O) groups excluding carboxylic acids is 1. The number of carbonyl (C=O) groups is 1. The molecular weight excluding hydrogens is 217 g/mol. The molecule has 0 saturated carbocycles. The van der Waals surface area contributed by atoms with Gasteiger partial charge in [0.2, 0.25) is 0 Å². The molecule has 0 fully saturated rings. The van der Waals surface area contributed by atoms with Gasteiger partial charge in [0.25, 0.3) is 11.5 Å². The Bertz CT molecular complexity index is 316. The summed E-state index contributed by atoms with van der Waals surface area (Å²) >= 11 is 5.05. The summed E-state index contributed by atoms with van der Waals surface area (Å²) in [5.41, 5.74) is -0.826. The van der Waals surface area contributed by atoms with Gasteiger partial charge in [0.15, 0.2) is 0 Å². The van der Waals surface area contributed by atoms with Crippen molar-refractivity contribution in [1.82, 2.24) is 4.90 Å². The van der Waals surface area contributed by atoms with Crippen molar-refractivity contribution in [2.75, 3.05) is 13.6 Å². The van der Waals surface area contributed by atoms with E-state index in [-0.39, 0.29) is 0 Å². The summed E-state index contributed by atoms with van der Waals surface area (Å²) in [6.45, 7) is 0.468. The molecule has 0 aromatic heterocycles. The van der Waals surface area contributed by atoms with Crippen LogP contribution in [0, 0.1) is 0 Å². The van der Waals surface area contributed by atoms with Crippen molar-refractivity contribution in [3.63, 3.8) is 0 Å². The number of likely N-dealkylation sites (N-methyl/N-ethyl adjacent to an activating group) is 1. The van der Waals surface area contributed by atoms with Gasteiger partial charge < -0.3 is 4.90 Å². The first-order valence-corrected chi connectivity index (χ1v) is 5.12. The zero-order chi connectivity index (χ0) is 11.3. The molecule has 2 nitrogen and oxygen atoms in total. The van der Waals surface area contributed by atoms with Gasteiger partial charge in [-0.15, -0.1) is 0 Å². The van der Waals surface area contributed by atoms with Gasteiger partial charge in [-0.05, 0) is 12.0 Å². The molecule has 4 heteroatoms. The normalized spacial score (nSPS) is 12.2. The number of amides is 1. The average molecular weight is 230 g/mol. The Kier molecular flexibility index (Phi) is 4.56. The van der Waals surface area contributed by atoms with Crippen LogP contribution in [-0.2, 0) is 11.2 Å². The van der Waals surface area contributed by atoms with Crippen LogP contribution in [0.5, 0.6) is 0 Å². The zero-order valence-corrected chi connectivity index (χ0v) is 9.25. The van der Waals surface area contributed by atoms with Gasteiger partial charge in [0.05, 0.1) is 0 Å². The van der Waals surface area contributed by atoms with Crippen LogP contribution in [0.3, 0.4) is 0 Å². The Morgan fingerprint density at radius 1 is 1.47 bits per heavy atom. The molecule has 1 aromatic rings. The predicted molar refractivity (Wildman–Crippen MR) is 58.5 cm³/mol. The predicted octanol–water partition coefficient (Wildman–Crippen LogP) is 2.22. The summed E-state index contributed by atoms with van der Waals surface area (Å²) in [6, 6.07) is 9.71. The standard InChI is InChI=1S/C11H13ClFNO/c1-14(11(15)10(12)13)8-7-9-5-3-2-4-6-9/h2-6,10H,7-8H2,1H3. The van der Waals surface area contributed by atoms with E-state index in [1.807, 2.05) is 30.3 Å². The molecule has 0 aliphatic rings. The van der Waals surface area contributed by atoms with E-state index in [9.17, 15) is 9.18 Å². The molecule has 15 heavy (non-hydrogen) atoms. The third-order valence-electron chi connectivity index (χ3n) is 2.14. The fraction of sp³-hybridized carbons (Fsp3) is 0.364. The number of hydrogen-bond acceptors (Lipinski definition) is 1. The summed E-state index contributed by atoms with van der Waals surface area (Å²) in [5.74, 6) is -0.687. The van der Waals surface area contributed by atoms with Crippen LogP contribution in [0.15, 0.2) is 30.3 Å². The first-order valence-electron chi connectivity index (χ1n) is 4.68. The van der Waals surface area contributed by atoms with Gasteiger partial charge in [-0.3, -0.25) is 4.79 Å². The van der Waals surface area contributed by atoms with Crippen molar-refractivity contribution < 1.29 is 9.18 Å². The summed E-state index contributed by atoms with van der Waals surface area (Å²) in [6.07, 6.45) is 0.701. The van der Waals surface area contributed by atoms with Crippen molar-refractivity contribution in [1.29, 1.82) is 0 Å². The van der Waals surface area contributed by atoms with E-state index < -0.39 is 11.5 Å². The lowest BCUT2D eigenvalue weighted by Crippen LogP contribution is -2.33. The summed E-state index contributed by atoms with van der Waals surface area (Å²) in [4.78, 5) is 12.4. The largest absolute Gasteiger partial charge is 0.342 e. The quantitative estimate of drug-likeness (QED) is 0.725. The molecule has 1 atom stereocenters. The van der Waals surface area contributed by atoms with E-state index in [4.69, 9.17) is 11.6 Å². The first kappa shape index (κ1) is 12.0. The van der Waals surface area contributed by atoms with Crippen molar-refractivity contribution in [3.05, 3.63) is 35.9 Å². The second-order valence-corrected chi connectivity index (χ2v) is 3.68. The molecular formula is C11H13ClFNO. The van der Waals surface area contributed by atoms with E-state index in [0.717, 1.165) is 5.56 Å². The highest BCUT2D eigenvalue weighted by atomic mass is 35.5. The number of rotatable bonds is 4. The minimum atomic E-state index is -1.94. The molecule has 0 aliphatic carbocycles. The topological polar surface area (TPSA) is 20.3 Å². The highest BCUT2D eigenvalue weighted by molar-refractivity contribution is 6.29. The summed E-state index contributed by atoms with van der Waals surface area (Å²) in [7, 11) is 1.54. The Hall–Kier alpha value is -1.09. The number of halogens is 2. The van der Waals surface area contributed by atoms with Gasteiger partial charge in [-0.2, -0.15) is 0 Å².